The lowest BCUT2D eigenvalue weighted by atomic mass is 9.97. The number of ketones is 1. The van der Waals surface area contributed by atoms with Gasteiger partial charge in [-0.1, -0.05) is 54.6 Å². The number of rotatable bonds is 4. The summed E-state index contributed by atoms with van der Waals surface area (Å²) in [6, 6.07) is 21.3. The lowest BCUT2D eigenvalue weighted by molar-refractivity contribution is 0.0731. The van der Waals surface area contributed by atoms with Gasteiger partial charge in [0.15, 0.2) is 5.78 Å². The van der Waals surface area contributed by atoms with Crippen molar-refractivity contribution < 1.29 is 14.3 Å². The predicted octanol–water partition coefficient (Wildman–Crippen LogP) is 4.75. The van der Waals surface area contributed by atoms with Gasteiger partial charge in [-0.25, -0.2) is 4.79 Å². The van der Waals surface area contributed by atoms with Gasteiger partial charge in [0.1, 0.15) is 5.75 Å². The number of carbonyl (C=O) groups excluding carboxylic acids is 2. The number of carbonyl (C=O) groups is 2. The zero-order valence-electron chi connectivity index (χ0n) is 14.2. The molecule has 3 aromatic carbocycles. The highest BCUT2D eigenvalue weighted by Gasteiger charge is 2.20. The van der Waals surface area contributed by atoms with E-state index in [-0.39, 0.29) is 5.78 Å². The fourth-order valence-corrected chi connectivity index (χ4v) is 2.57. The van der Waals surface area contributed by atoms with E-state index in [1.807, 2.05) is 44.2 Å². The molecule has 0 aromatic heterocycles. The van der Waals surface area contributed by atoms with E-state index in [1.165, 1.54) is 0 Å². The molecule has 0 spiro atoms. The van der Waals surface area contributed by atoms with Gasteiger partial charge in [-0.3, -0.25) is 4.79 Å². The highest BCUT2D eigenvalue weighted by Crippen LogP contribution is 2.29. The van der Waals surface area contributed by atoms with Gasteiger partial charge in [0, 0.05) is 5.56 Å². The van der Waals surface area contributed by atoms with Crippen LogP contribution in [-0.2, 0) is 0 Å². The Morgan fingerprint density at radius 1 is 0.720 bits per heavy atom. The summed E-state index contributed by atoms with van der Waals surface area (Å²) < 4.78 is 5.63. The Kier molecular flexibility index (Phi) is 4.75. The van der Waals surface area contributed by atoms with E-state index in [1.54, 1.807) is 42.5 Å². The molecule has 0 saturated heterocycles. The van der Waals surface area contributed by atoms with Gasteiger partial charge < -0.3 is 4.74 Å². The van der Waals surface area contributed by atoms with Crippen LogP contribution in [0.4, 0.5) is 0 Å². The third-order valence-electron chi connectivity index (χ3n) is 4.16. The number of aryl methyl sites for hydroxylation is 1. The summed E-state index contributed by atoms with van der Waals surface area (Å²) in [7, 11) is 0. The fraction of sp³-hybridized carbons (Fsp3) is 0.0909. The Labute approximate surface area is 146 Å². The first-order chi connectivity index (χ1) is 12.1. The van der Waals surface area contributed by atoms with Crippen LogP contribution in [0.3, 0.4) is 0 Å². The summed E-state index contributed by atoms with van der Waals surface area (Å²) in [6.45, 7) is 3.77. The molecule has 0 heterocycles. The highest BCUT2D eigenvalue weighted by atomic mass is 16.5. The summed E-state index contributed by atoms with van der Waals surface area (Å²) in [4.78, 5) is 25.3. The van der Waals surface area contributed by atoms with Crippen molar-refractivity contribution in [1.82, 2.24) is 0 Å². The Balaban J connectivity index is 2.02. The SMILES string of the molecule is Cc1ccc(C(=O)c2ccccc2)c(OC(=O)c2ccccc2)c1C. The number of hydrogen-bond acceptors (Lipinski definition) is 3. The Bertz CT molecular complexity index is 913. The van der Waals surface area contributed by atoms with E-state index >= 15 is 0 Å². The number of esters is 1. The van der Waals surface area contributed by atoms with Crippen LogP contribution in [-0.4, -0.2) is 11.8 Å². The number of ether oxygens (including phenoxy) is 1. The van der Waals surface area contributed by atoms with Crippen LogP contribution in [0, 0.1) is 13.8 Å². The molecule has 0 saturated carbocycles. The molecule has 0 aliphatic rings. The zero-order chi connectivity index (χ0) is 17.8. The normalized spacial score (nSPS) is 10.3. The van der Waals surface area contributed by atoms with Crippen LogP contribution < -0.4 is 4.74 Å². The van der Waals surface area contributed by atoms with Gasteiger partial charge in [0.05, 0.1) is 11.1 Å². The lowest BCUT2D eigenvalue weighted by Gasteiger charge is -2.14. The van der Waals surface area contributed by atoms with Gasteiger partial charge in [0.25, 0.3) is 0 Å². The van der Waals surface area contributed by atoms with Crippen LogP contribution in [0.15, 0.2) is 72.8 Å². The second kappa shape index (κ2) is 7.14. The van der Waals surface area contributed by atoms with Gasteiger partial charge in [0.2, 0.25) is 0 Å². The van der Waals surface area contributed by atoms with Gasteiger partial charge in [-0.15, -0.1) is 0 Å². The van der Waals surface area contributed by atoms with Crippen molar-refractivity contribution in [3.8, 4) is 5.75 Å². The molecule has 0 aliphatic heterocycles. The smallest absolute Gasteiger partial charge is 0.343 e. The molecule has 0 unspecified atom stereocenters. The third-order valence-corrected chi connectivity index (χ3v) is 4.16. The molecule has 3 nitrogen and oxygen atoms in total. The maximum Gasteiger partial charge on any atom is 0.343 e. The van der Waals surface area contributed by atoms with Crippen molar-refractivity contribution in [2.24, 2.45) is 0 Å². The maximum absolute atomic E-state index is 12.9. The summed E-state index contributed by atoms with van der Waals surface area (Å²) in [5, 5.41) is 0. The van der Waals surface area contributed by atoms with E-state index < -0.39 is 5.97 Å². The average molecular weight is 330 g/mol. The Morgan fingerprint density at radius 3 is 1.88 bits per heavy atom. The molecular formula is C22H18O3. The van der Waals surface area contributed by atoms with Crippen LogP contribution in [0.1, 0.15) is 37.4 Å². The Hall–Kier alpha value is -3.20. The molecule has 0 radical (unpaired) electrons. The maximum atomic E-state index is 12.9. The van der Waals surface area contributed by atoms with E-state index in [0.717, 1.165) is 11.1 Å². The van der Waals surface area contributed by atoms with Gasteiger partial charge >= 0.3 is 5.97 Å². The molecule has 0 amide bonds. The quantitative estimate of drug-likeness (QED) is 0.394. The molecule has 3 aromatic rings. The monoisotopic (exact) mass is 330 g/mol. The lowest BCUT2D eigenvalue weighted by Crippen LogP contribution is -2.13. The zero-order valence-corrected chi connectivity index (χ0v) is 14.2. The molecule has 25 heavy (non-hydrogen) atoms. The van der Waals surface area contributed by atoms with Crippen LogP contribution in [0.2, 0.25) is 0 Å². The molecule has 3 rings (SSSR count). The minimum atomic E-state index is -0.476. The van der Waals surface area contributed by atoms with Gasteiger partial charge in [-0.2, -0.15) is 0 Å². The first kappa shape index (κ1) is 16.7. The minimum Gasteiger partial charge on any atom is -0.422 e. The highest BCUT2D eigenvalue weighted by molar-refractivity contribution is 6.11. The fourth-order valence-electron chi connectivity index (χ4n) is 2.57. The minimum absolute atomic E-state index is 0.167. The Morgan fingerprint density at radius 2 is 1.28 bits per heavy atom. The van der Waals surface area contributed by atoms with Crippen molar-refractivity contribution in [3.63, 3.8) is 0 Å². The van der Waals surface area contributed by atoms with Crippen LogP contribution in [0.5, 0.6) is 5.75 Å². The van der Waals surface area contributed by atoms with Crippen LogP contribution >= 0.6 is 0 Å². The molecule has 0 aliphatic carbocycles. The third kappa shape index (κ3) is 3.50. The predicted molar refractivity (Wildman–Crippen MR) is 97.2 cm³/mol. The summed E-state index contributed by atoms with van der Waals surface area (Å²) in [6.07, 6.45) is 0. The van der Waals surface area contributed by atoms with Crippen molar-refractivity contribution in [2.45, 2.75) is 13.8 Å². The van der Waals surface area contributed by atoms with E-state index in [9.17, 15) is 9.59 Å². The summed E-state index contributed by atoms with van der Waals surface area (Å²) in [5.74, 6) is -0.321. The largest absolute Gasteiger partial charge is 0.422 e. The second-order valence-electron chi connectivity index (χ2n) is 5.83. The number of hydrogen-bond donors (Lipinski definition) is 0. The van der Waals surface area contributed by atoms with Crippen LogP contribution in [0.25, 0.3) is 0 Å². The van der Waals surface area contributed by atoms with Crippen molar-refractivity contribution in [2.75, 3.05) is 0 Å². The topological polar surface area (TPSA) is 43.4 Å². The van der Waals surface area contributed by atoms with E-state index in [2.05, 4.69) is 0 Å². The van der Waals surface area contributed by atoms with Gasteiger partial charge in [-0.05, 0) is 43.2 Å². The number of benzene rings is 3. The molecule has 0 fully saturated rings. The van der Waals surface area contributed by atoms with Crippen molar-refractivity contribution in [1.29, 1.82) is 0 Å². The van der Waals surface area contributed by atoms with E-state index in [4.69, 9.17) is 4.74 Å². The summed E-state index contributed by atoms with van der Waals surface area (Å²) in [5.41, 5.74) is 3.13. The van der Waals surface area contributed by atoms with Crippen molar-refractivity contribution in [3.05, 3.63) is 101 Å². The second-order valence-corrected chi connectivity index (χ2v) is 5.83. The molecule has 0 atom stereocenters. The molecule has 0 N–H and O–H groups in total. The average Bonchev–Trinajstić information content (AvgIpc) is 2.66. The first-order valence-electron chi connectivity index (χ1n) is 8.05. The molecule has 0 bridgehead atoms. The molecule has 3 heteroatoms. The first-order valence-corrected chi connectivity index (χ1v) is 8.05. The molecular weight excluding hydrogens is 312 g/mol. The summed E-state index contributed by atoms with van der Waals surface area (Å²) >= 11 is 0. The van der Waals surface area contributed by atoms with Crippen molar-refractivity contribution >= 4 is 11.8 Å². The molecule has 124 valence electrons. The standard InChI is InChI=1S/C22H18O3/c1-15-13-14-19(20(23)17-9-5-3-6-10-17)21(16(15)2)25-22(24)18-11-7-4-8-12-18/h3-14H,1-2H3. The van der Waals surface area contributed by atoms with E-state index in [0.29, 0.717) is 22.4 Å².